The van der Waals surface area contributed by atoms with Gasteiger partial charge in [-0.2, -0.15) is 0 Å². The number of nitrogens with zero attached hydrogens (tertiary/aromatic N) is 2. The average molecular weight is 263 g/mol. The average Bonchev–Trinajstić information content (AvgIpc) is 2.86. The highest BCUT2D eigenvalue weighted by Gasteiger charge is 2.34. The van der Waals surface area contributed by atoms with Crippen molar-refractivity contribution in [1.82, 2.24) is 15.3 Å². The summed E-state index contributed by atoms with van der Waals surface area (Å²) in [6, 6.07) is 0.265. The van der Waals surface area contributed by atoms with Gasteiger partial charge in [-0.3, -0.25) is 4.98 Å². The van der Waals surface area contributed by atoms with Crippen LogP contribution in [-0.4, -0.2) is 23.6 Å². The molecule has 0 saturated heterocycles. The van der Waals surface area contributed by atoms with E-state index in [0.717, 1.165) is 24.6 Å². The number of hydrogen-bond acceptors (Lipinski definition) is 4. The summed E-state index contributed by atoms with van der Waals surface area (Å²) in [5, 5.41) is 3.65. The van der Waals surface area contributed by atoms with Crippen molar-refractivity contribution in [2.75, 3.05) is 13.7 Å². The maximum absolute atomic E-state index is 5.39. The van der Waals surface area contributed by atoms with Crippen LogP contribution in [0.4, 0.5) is 0 Å². The zero-order chi connectivity index (χ0) is 13.7. The quantitative estimate of drug-likeness (QED) is 0.857. The van der Waals surface area contributed by atoms with Crippen LogP contribution in [0.3, 0.4) is 0 Å². The highest BCUT2D eigenvalue weighted by molar-refractivity contribution is 5.22. The maximum Gasteiger partial charge on any atom is 0.237 e. The van der Waals surface area contributed by atoms with Gasteiger partial charge in [0.05, 0.1) is 13.2 Å². The standard InChI is InChI=1S/C15H25N3O/c1-4-8-16-13(12-7-5-6-11(12)2)14-15(19-3)18-10-9-17-14/h9-13,16H,4-8H2,1-3H3. The Morgan fingerprint density at radius 2 is 2.16 bits per heavy atom. The first-order chi connectivity index (χ1) is 9.27. The maximum atomic E-state index is 5.39. The van der Waals surface area contributed by atoms with Crippen molar-refractivity contribution in [3.8, 4) is 5.88 Å². The molecular weight excluding hydrogens is 238 g/mol. The van der Waals surface area contributed by atoms with Crippen LogP contribution in [0.1, 0.15) is 51.3 Å². The van der Waals surface area contributed by atoms with Crippen LogP contribution in [0.15, 0.2) is 12.4 Å². The predicted octanol–water partition coefficient (Wildman–Crippen LogP) is 2.96. The lowest BCUT2D eigenvalue weighted by molar-refractivity contribution is 0.284. The molecule has 4 heteroatoms. The molecule has 0 bridgehead atoms. The molecule has 2 rings (SSSR count). The smallest absolute Gasteiger partial charge is 0.237 e. The fourth-order valence-electron chi connectivity index (χ4n) is 3.13. The van der Waals surface area contributed by atoms with E-state index in [9.17, 15) is 0 Å². The molecule has 3 atom stereocenters. The van der Waals surface area contributed by atoms with E-state index < -0.39 is 0 Å². The van der Waals surface area contributed by atoms with Gasteiger partial charge in [-0.1, -0.05) is 26.7 Å². The number of rotatable bonds is 6. The molecule has 0 aromatic carbocycles. The third-order valence-electron chi connectivity index (χ3n) is 4.15. The van der Waals surface area contributed by atoms with E-state index in [1.807, 2.05) is 0 Å². The van der Waals surface area contributed by atoms with Crippen LogP contribution in [0.2, 0.25) is 0 Å². The van der Waals surface area contributed by atoms with E-state index in [1.54, 1.807) is 19.5 Å². The van der Waals surface area contributed by atoms with E-state index in [-0.39, 0.29) is 6.04 Å². The molecule has 0 aliphatic heterocycles. The Labute approximate surface area is 116 Å². The summed E-state index contributed by atoms with van der Waals surface area (Å²) in [5.74, 6) is 2.04. The molecule has 1 fully saturated rings. The zero-order valence-corrected chi connectivity index (χ0v) is 12.2. The molecule has 1 heterocycles. The Balaban J connectivity index is 2.25. The Bertz CT molecular complexity index is 397. The molecule has 106 valence electrons. The molecule has 1 saturated carbocycles. The van der Waals surface area contributed by atoms with Crippen molar-refractivity contribution in [1.29, 1.82) is 0 Å². The second-order valence-electron chi connectivity index (χ2n) is 5.45. The number of ether oxygens (including phenoxy) is 1. The lowest BCUT2D eigenvalue weighted by atomic mass is 9.88. The molecule has 4 nitrogen and oxygen atoms in total. The van der Waals surface area contributed by atoms with Crippen molar-refractivity contribution >= 4 is 0 Å². The monoisotopic (exact) mass is 263 g/mol. The van der Waals surface area contributed by atoms with Gasteiger partial charge in [0.25, 0.3) is 0 Å². The van der Waals surface area contributed by atoms with Gasteiger partial charge in [0.15, 0.2) is 0 Å². The molecular formula is C15H25N3O. The molecule has 3 unspecified atom stereocenters. The van der Waals surface area contributed by atoms with Gasteiger partial charge in [0.1, 0.15) is 5.69 Å². The SMILES string of the molecule is CCCNC(c1nccnc1OC)C1CCCC1C. The van der Waals surface area contributed by atoms with E-state index in [2.05, 4.69) is 29.1 Å². The van der Waals surface area contributed by atoms with E-state index in [1.165, 1.54) is 19.3 Å². The van der Waals surface area contributed by atoms with Crippen molar-refractivity contribution in [2.45, 2.75) is 45.6 Å². The summed E-state index contributed by atoms with van der Waals surface area (Å²) in [7, 11) is 1.67. The highest BCUT2D eigenvalue weighted by Crippen LogP contribution is 2.41. The third-order valence-corrected chi connectivity index (χ3v) is 4.15. The molecule has 1 aliphatic rings. The van der Waals surface area contributed by atoms with Gasteiger partial charge < -0.3 is 10.1 Å². The van der Waals surface area contributed by atoms with Crippen LogP contribution >= 0.6 is 0 Å². The van der Waals surface area contributed by atoms with Crippen LogP contribution < -0.4 is 10.1 Å². The summed E-state index contributed by atoms with van der Waals surface area (Å²) >= 11 is 0. The molecule has 1 aromatic heterocycles. The Morgan fingerprint density at radius 1 is 1.37 bits per heavy atom. The molecule has 0 spiro atoms. The van der Waals surface area contributed by atoms with Crippen molar-refractivity contribution in [3.05, 3.63) is 18.1 Å². The summed E-state index contributed by atoms with van der Waals surface area (Å²) < 4.78 is 5.39. The third kappa shape index (κ3) is 3.24. The zero-order valence-electron chi connectivity index (χ0n) is 12.2. The van der Waals surface area contributed by atoms with Gasteiger partial charge in [0, 0.05) is 12.4 Å². The van der Waals surface area contributed by atoms with Gasteiger partial charge in [-0.05, 0) is 31.2 Å². The first kappa shape index (κ1) is 14.3. The lowest BCUT2D eigenvalue weighted by Crippen LogP contribution is -2.31. The van der Waals surface area contributed by atoms with E-state index >= 15 is 0 Å². The molecule has 1 N–H and O–H groups in total. The number of nitrogens with one attached hydrogen (secondary N) is 1. The highest BCUT2D eigenvalue weighted by atomic mass is 16.5. The Morgan fingerprint density at radius 3 is 2.79 bits per heavy atom. The lowest BCUT2D eigenvalue weighted by Gasteiger charge is -2.28. The summed E-state index contributed by atoms with van der Waals surface area (Å²) in [4.78, 5) is 8.83. The molecule has 0 amide bonds. The second-order valence-corrected chi connectivity index (χ2v) is 5.45. The molecule has 19 heavy (non-hydrogen) atoms. The Kier molecular flexibility index (Phi) is 5.14. The van der Waals surface area contributed by atoms with E-state index in [0.29, 0.717) is 11.8 Å². The normalized spacial score (nSPS) is 24.4. The summed E-state index contributed by atoms with van der Waals surface area (Å²) in [5.41, 5.74) is 0.970. The summed E-state index contributed by atoms with van der Waals surface area (Å²) in [6.07, 6.45) is 8.48. The number of aromatic nitrogens is 2. The van der Waals surface area contributed by atoms with Gasteiger partial charge in [0.2, 0.25) is 5.88 Å². The van der Waals surface area contributed by atoms with Crippen LogP contribution in [0.25, 0.3) is 0 Å². The number of methoxy groups -OCH3 is 1. The topological polar surface area (TPSA) is 47.0 Å². The van der Waals surface area contributed by atoms with Gasteiger partial charge >= 0.3 is 0 Å². The molecule has 1 aromatic rings. The van der Waals surface area contributed by atoms with Crippen molar-refractivity contribution < 1.29 is 4.74 Å². The fourth-order valence-corrected chi connectivity index (χ4v) is 3.13. The summed E-state index contributed by atoms with van der Waals surface area (Å²) in [6.45, 7) is 5.55. The molecule has 0 radical (unpaired) electrons. The van der Waals surface area contributed by atoms with Gasteiger partial charge in [-0.25, -0.2) is 4.98 Å². The minimum Gasteiger partial charge on any atom is -0.480 e. The van der Waals surface area contributed by atoms with Crippen LogP contribution in [0, 0.1) is 11.8 Å². The second kappa shape index (κ2) is 6.85. The first-order valence-electron chi connectivity index (χ1n) is 7.36. The van der Waals surface area contributed by atoms with E-state index in [4.69, 9.17) is 4.74 Å². The minimum atomic E-state index is 0.265. The Hall–Kier alpha value is -1.16. The number of hydrogen-bond donors (Lipinski definition) is 1. The first-order valence-corrected chi connectivity index (χ1v) is 7.36. The fraction of sp³-hybridized carbons (Fsp3) is 0.733. The largest absolute Gasteiger partial charge is 0.480 e. The molecule has 1 aliphatic carbocycles. The predicted molar refractivity (Wildman–Crippen MR) is 76.1 cm³/mol. The van der Waals surface area contributed by atoms with Crippen molar-refractivity contribution in [2.24, 2.45) is 11.8 Å². The van der Waals surface area contributed by atoms with Crippen LogP contribution in [0.5, 0.6) is 5.88 Å². The minimum absolute atomic E-state index is 0.265. The van der Waals surface area contributed by atoms with Gasteiger partial charge in [-0.15, -0.1) is 0 Å². The van der Waals surface area contributed by atoms with Crippen LogP contribution in [-0.2, 0) is 0 Å². The van der Waals surface area contributed by atoms with Crippen molar-refractivity contribution in [3.63, 3.8) is 0 Å².